The SMILES string of the molecule is C[C@@H]1O[C@@H](Oc2c(-c3ccccc3)cc(O)c(-c3ccccc3)c2O)C[C@H](O)[C@H]1O. The van der Waals surface area contributed by atoms with Crippen LogP contribution in [0.25, 0.3) is 22.3 Å². The second-order valence-electron chi connectivity index (χ2n) is 7.41. The quantitative estimate of drug-likeness (QED) is 0.526. The van der Waals surface area contributed by atoms with Crippen LogP contribution >= 0.6 is 0 Å². The molecule has 3 aromatic carbocycles. The van der Waals surface area contributed by atoms with Gasteiger partial charge in [0.1, 0.15) is 11.9 Å². The highest BCUT2D eigenvalue weighted by molar-refractivity contribution is 5.87. The number of phenols is 2. The van der Waals surface area contributed by atoms with E-state index in [1.165, 1.54) is 0 Å². The smallest absolute Gasteiger partial charge is 0.203 e. The molecule has 0 aromatic heterocycles. The Morgan fingerprint density at radius 3 is 2.10 bits per heavy atom. The third-order valence-electron chi connectivity index (χ3n) is 5.31. The van der Waals surface area contributed by atoms with Crippen molar-refractivity contribution in [2.75, 3.05) is 0 Å². The zero-order chi connectivity index (χ0) is 21.3. The van der Waals surface area contributed by atoms with Gasteiger partial charge in [-0.3, -0.25) is 0 Å². The Bertz CT molecular complexity index is 993. The Kier molecular flexibility index (Phi) is 5.63. The number of aliphatic hydroxyl groups is 2. The lowest BCUT2D eigenvalue weighted by Crippen LogP contribution is -2.48. The molecular formula is C24H24O6. The van der Waals surface area contributed by atoms with Gasteiger partial charge in [-0.25, -0.2) is 0 Å². The molecule has 1 aliphatic rings. The molecule has 0 aliphatic carbocycles. The first-order valence-electron chi connectivity index (χ1n) is 9.83. The molecule has 30 heavy (non-hydrogen) atoms. The first-order valence-corrected chi connectivity index (χ1v) is 9.83. The molecule has 4 atom stereocenters. The molecule has 156 valence electrons. The zero-order valence-electron chi connectivity index (χ0n) is 16.5. The van der Waals surface area contributed by atoms with Crippen molar-refractivity contribution in [3.8, 4) is 39.5 Å². The second kappa shape index (κ2) is 8.36. The summed E-state index contributed by atoms with van der Waals surface area (Å²) in [6, 6.07) is 19.8. The molecule has 3 aromatic rings. The first kappa shape index (κ1) is 20.2. The van der Waals surface area contributed by atoms with Gasteiger partial charge in [0.25, 0.3) is 0 Å². The van der Waals surface area contributed by atoms with Crippen LogP contribution in [0.2, 0.25) is 0 Å². The molecule has 0 radical (unpaired) electrons. The lowest BCUT2D eigenvalue weighted by Gasteiger charge is -2.35. The highest BCUT2D eigenvalue weighted by atomic mass is 16.7. The minimum absolute atomic E-state index is 0.0424. The number of aliphatic hydroxyl groups excluding tert-OH is 2. The van der Waals surface area contributed by atoms with Crippen molar-refractivity contribution in [1.29, 1.82) is 0 Å². The molecule has 6 nitrogen and oxygen atoms in total. The zero-order valence-corrected chi connectivity index (χ0v) is 16.5. The van der Waals surface area contributed by atoms with E-state index >= 15 is 0 Å². The van der Waals surface area contributed by atoms with Crippen LogP contribution in [-0.4, -0.2) is 45.0 Å². The topological polar surface area (TPSA) is 99.4 Å². The summed E-state index contributed by atoms with van der Waals surface area (Å²) >= 11 is 0. The fourth-order valence-electron chi connectivity index (χ4n) is 3.71. The van der Waals surface area contributed by atoms with Crippen LogP contribution in [0.1, 0.15) is 13.3 Å². The molecule has 0 amide bonds. The van der Waals surface area contributed by atoms with E-state index in [1.54, 1.807) is 25.1 Å². The van der Waals surface area contributed by atoms with E-state index in [0.717, 1.165) is 5.56 Å². The predicted molar refractivity (Wildman–Crippen MR) is 112 cm³/mol. The Morgan fingerprint density at radius 2 is 1.50 bits per heavy atom. The molecular weight excluding hydrogens is 384 g/mol. The molecule has 0 spiro atoms. The molecule has 4 N–H and O–H groups in total. The van der Waals surface area contributed by atoms with Crippen molar-refractivity contribution < 1.29 is 29.9 Å². The Balaban J connectivity index is 1.82. The van der Waals surface area contributed by atoms with E-state index < -0.39 is 24.6 Å². The molecule has 0 unspecified atom stereocenters. The highest BCUT2D eigenvalue weighted by Crippen LogP contribution is 2.49. The van der Waals surface area contributed by atoms with Gasteiger partial charge in [0, 0.05) is 12.0 Å². The van der Waals surface area contributed by atoms with Crippen LogP contribution < -0.4 is 4.74 Å². The van der Waals surface area contributed by atoms with Gasteiger partial charge in [-0.1, -0.05) is 60.7 Å². The lowest BCUT2D eigenvalue weighted by molar-refractivity contribution is -0.216. The number of rotatable bonds is 4. The summed E-state index contributed by atoms with van der Waals surface area (Å²) in [5.41, 5.74) is 2.10. The van der Waals surface area contributed by atoms with Gasteiger partial charge in [-0.05, 0) is 24.1 Å². The summed E-state index contributed by atoms with van der Waals surface area (Å²) in [6.45, 7) is 1.65. The summed E-state index contributed by atoms with van der Waals surface area (Å²) in [5, 5.41) is 41.9. The van der Waals surface area contributed by atoms with E-state index in [4.69, 9.17) is 9.47 Å². The van der Waals surface area contributed by atoms with Crippen molar-refractivity contribution in [3.05, 3.63) is 66.7 Å². The summed E-state index contributed by atoms with van der Waals surface area (Å²) < 4.78 is 11.7. The summed E-state index contributed by atoms with van der Waals surface area (Å²) in [4.78, 5) is 0. The van der Waals surface area contributed by atoms with Crippen LogP contribution in [0.3, 0.4) is 0 Å². The molecule has 1 heterocycles. The molecule has 0 saturated carbocycles. The maximum atomic E-state index is 11.1. The number of ether oxygens (including phenoxy) is 2. The monoisotopic (exact) mass is 408 g/mol. The third kappa shape index (κ3) is 3.85. The Labute approximate surface area is 174 Å². The summed E-state index contributed by atoms with van der Waals surface area (Å²) in [6.07, 6.45) is -3.48. The van der Waals surface area contributed by atoms with Gasteiger partial charge in [0.2, 0.25) is 6.29 Å². The van der Waals surface area contributed by atoms with Crippen LogP contribution in [0.5, 0.6) is 17.2 Å². The number of benzene rings is 3. The third-order valence-corrected chi connectivity index (χ3v) is 5.31. The van der Waals surface area contributed by atoms with E-state index in [1.807, 2.05) is 48.5 Å². The summed E-state index contributed by atoms with van der Waals surface area (Å²) in [7, 11) is 0. The normalized spacial score (nSPS) is 23.8. The predicted octanol–water partition coefficient (Wildman–Crippen LogP) is 3.67. The van der Waals surface area contributed by atoms with Gasteiger partial charge in [-0.15, -0.1) is 0 Å². The maximum absolute atomic E-state index is 11.1. The van der Waals surface area contributed by atoms with Gasteiger partial charge >= 0.3 is 0 Å². The Hall–Kier alpha value is -3.06. The molecule has 1 aliphatic heterocycles. The summed E-state index contributed by atoms with van der Waals surface area (Å²) in [5.74, 6) is -0.172. The number of phenolic OH excluding ortho intramolecular Hbond substituents is 2. The standard InChI is InChI=1S/C24H24O6/c1-14-22(27)19(26)13-20(29-14)30-24-17(15-8-4-2-5-9-15)12-18(25)21(23(24)28)16-10-6-3-7-11-16/h2-12,14,19-20,22,25-28H,13H2,1H3/t14-,19-,20-,22-/m0/s1. The minimum atomic E-state index is -1.01. The van der Waals surface area contributed by atoms with E-state index in [2.05, 4.69) is 0 Å². The average molecular weight is 408 g/mol. The minimum Gasteiger partial charge on any atom is -0.507 e. The Morgan fingerprint density at radius 1 is 0.900 bits per heavy atom. The van der Waals surface area contributed by atoms with E-state index in [0.29, 0.717) is 11.1 Å². The highest BCUT2D eigenvalue weighted by Gasteiger charge is 2.36. The maximum Gasteiger partial charge on any atom is 0.203 e. The van der Waals surface area contributed by atoms with Gasteiger partial charge in [0.05, 0.1) is 17.8 Å². The largest absolute Gasteiger partial charge is 0.507 e. The second-order valence-corrected chi connectivity index (χ2v) is 7.41. The lowest BCUT2D eigenvalue weighted by atomic mass is 9.96. The molecule has 4 rings (SSSR count). The number of hydrogen-bond donors (Lipinski definition) is 4. The number of hydrogen-bond acceptors (Lipinski definition) is 6. The van der Waals surface area contributed by atoms with Crippen LogP contribution in [0.15, 0.2) is 66.7 Å². The molecule has 1 fully saturated rings. The molecule has 1 saturated heterocycles. The van der Waals surface area contributed by atoms with E-state index in [9.17, 15) is 20.4 Å². The van der Waals surface area contributed by atoms with Crippen LogP contribution in [0, 0.1) is 0 Å². The fourth-order valence-corrected chi connectivity index (χ4v) is 3.71. The van der Waals surface area contributed by atoms with Crippen molar-refractivity contribution in [3.63, 3.8) is 0 Å². The first-order chi connectivity index (χ1) is 14.5. The number of aromatic hydroxyl groups is 2. The van der Waals surface area contributed by atoms with Gasteiger partial charge in [-0.2, -0.15) is 0 Å². The molecule has 0 bridgehead atoms. The fraction of sp³-hybridized carbons (Fsp3) is 0.250. The van der Waals surface area contributed by atoms with Crippen LogP contribution in [-0.2, 0) is 4.74 Å². The van der Waals surface area contributed by atoms with Crippen molar-refractivity contribution >= 4 is 0 Å². The van der Waals surface area contributed by atoms with Crippen molar-refractivity contribution in [2.45, 2.75) is 37.9 Å². The average Bonchev–Trinajstić information content (AvgIpc) is 2.75. The van der Waals surface area contributed by atoms with Crippen LogP contribution in [0.4, 0.5) is 0 Å². The van der Waals surface area contributed by atoms with Crippen molar-refractivity contribution in [1.82, 2.24) is 0 Å². The van der Waals surface area contributed by atoms with Crippen molar-refractivity contribution in [2.24, 2.45) is 0 Å². The van der Waals surface area contributed by atoms with Gasteiger partial charge < -0.3 is 29.9 Å². The van der Waals surface area contributed by atoms with Gasteiger partial charge in [0.15, 0.2) is 11.5 Å². The van der Waals surface area contributed by atoms with E-state index in [-0.39, 0.29) is 29.2 Å². The molecule has 6 heteroatoms.